The number of nitrogens with zero attached hydrogens (tertiary/aromatic N) is 4. The normalized spacial score (nSPS) is 16.3. The van der Waals surface area contributed by atoms with E-state index in [4.69, 9.17) is 11.6 Å². The van der Waals surface area contributed by atoms with E-state index in [1.54, 1.807) is 12.1 Å². The van der Waals surface area contributed by atoms with Gasteiger partial charge in [-0.15, -0.1) is 0 Å². The van der Waals surface area contributed by atoms with E-state index in [0.29, 0.717) is 26.2 Å². The van der Waals surface area contributed by atoms with Crippen LogP contribution in [-0.4, -0.2) is 54.3 Å². The number of piperazine rings is 1. The third-order valence-electron chi connectivity index (χ3n) is 4.40. The smallest absolute Gasteiger partial charge is 0.245 e. The quantitative estimate of drug-likeness (QED) is 0.725. The highest BCUT2D eigenvalue weighted by atomic mass is 35.5. The molecule has 136 valence electrons. The average molecular weight is 395 g/mol. The molecule has 1 saturated heterocycles. The first kappa shape index (κ1) is 17.1. The Hall–Kier alpha value is -2.36. The van der Waals surface area contributed by atoms with Crippen LogP contribution < -0.4 is 4.90 Å². The first-order chi connectivity index (χ1) is 12.5. The summed E-state index contributed by atoms with van der Waals surface area (Å²) in [6.45, 7) is 1.74. The third-order valence-corrected chi connectivity index (χ3v) is 6.64. The van der Waals surface area contributed by atoms with Crippen LogP contribution >= 0.6 is 11.6 Å². The number of hydrogen-bond acceptors (Lipinski definition) is 7. The molecule has 0 atom stereocenters. The second kappa shape index (κ2) is 6.42. The summed E-state index contributed by atoms with van der Waals surface area (Å²) in [6.07, 6.45) is 0. The van der Waals surface area contributed by atoms with E-state index < -0.39 is 10.0 Å². The van der Waals surface area contributed by atoms with Gasteiger partial charge in [0.15, 0.2) is 11.0 Å². The van der Waals surface area contributed by atoms with Crippen LogP contribution in [-0.2, 0) is 10.0 Å². The summed E-state index contributed by atoms with van der Waals surface area (Å²) < 4.78 is 32.1. The van der Waals surface area contributed by atoms with Crippen LogP contribution in [0.1, 0.15) is 0 Å². The van der Waals surface area contributed by atoms with Gasteiger partial charge >= 0.3 is 0 Å². The molecule has 1 aromatic heterocycles. The Morgan fingerprint density at radius 2 is 1.62 bits per heavy atom. The van der Waals surface area contributed by atoms with Crippen LogP contribution in [0.25, 0.3) is 11.0 Å². The minimum Gasteiger partial charge on any atom is -0.508 e. The van der Waals surface area contributed by atoms with Crippen molar-refractivity contribution < 1.29 is 18.2 Å². The van der Waals surface area contributed by atoms with Gasteiger partial charge in [-0.05, 0) is 46.7 Å². The molecule has 2 heterocycles. The Bertz CT molecular complexity index is 1040. The second-order valence-electron chi connectivity index (χ2n) is 5.91. The zero-order valence-electron chi connectivity index (χ0n) is 13.5. The van der Waals surface area contributed by atoms with E-state index in [1.807, 2.05) is 12.1 Å². The first-order valence-electron chi connectivity index (χ1n) is 7.92. The monoisotopic (exact) mass is 394 g/mol. The molecule has 0 amide bonds. The predicted molar refractivity (Wildman–Crippen MR) is 95.9 cm³/mol. The van der Waals surface area contributed by atoms with Gasteiger partial charge in [0.25, 0.3) is 0 Å². The van der Waals surface area contributed by atoms with Crippen LogP contribution in [0.2, 0.25) is 5.02 Å². The van der Waals surface area contributed by atoms with Crippen molar-refractivity contribution in [3.05, 3.63) is 41.4 Å². The molecular formula is C16H15ClN4O4S. The molecule has 1 aliphatic rings. The topological polar surface area (TPSA) is 99.8 Å². The van der Waals surface area contributed by atoms with Crippen LogP contribution in [0.4, 0.5) is 5.69 Å². The fourth-order valence-corrected chi connectivity index (χ4v) is 4.74. The lowest BCUT2D eigenvalue weighted by molar-refractivity contribution is 0.315. The maximum atomic E-state index is 13.0. The molecule has 8 nitrogen and oxygen atoms in total. The van der Waals surface area contributed by atoms with E-state index in [0.717, 1.165) is 5.69 Å². The summed E-state index contributed by atoms with van der Waals surface area (Å²) in [5.41, 5.74) is 1.31. The molecule has 0 radical (unpaired) electrons. The third kappa shape index (κ3) is 2.87. The molecule has 0 bridgehead atoms. The van der Waals surface area contributed by atoms with Crippen molar-refractivity contribution in [1.82, 2.24) is 14.6 Å². The number of hydrogen-bond donors (Lipinski definition) is 1. The van der Waals surface area contributed by atoms with Gasteiger partial charge in [-0.2, -0.15) is 4.31 Å². The van der Waals surface area contributed by atoms with Crippen molar-refractivity contribution in [1.29, 1.82) is 0 Å². The van der Waals surface area contributed by atoms with Gasteiger partial charge in [0.2, 0.25) is 10.0 Å². The van der Waals surface area contributed by atoms with E-state index >= 15 is 0 Å². The van der Waals surface area contributed by atoms with Crippen LogP contribution in [0.3, 0.4) is 0 Å². The molecule has 26 heavy (non-hydrogen) atoms. The molecule has 1 aliphatic heterocycles. The van der Waals surface area contributed by atoms with Crippen LogP contribution in [0.5, 0.6) is 5.75 Å². The Kier molecular flexibility index (Phi) is 4.22. The van der Waals surface area contributed by atoms with Crippen LogP contribution in [0.15, 0.2) is 45.9 Å². The van der Waals surface area contributed by atoms with Crippen molar-refractivity contribution in [3.8, 4) is 5.75 Å². The molecule has 10 heteroatoms. The number of phenolic OH excluding ortho intramolecular Hbond substituents is 1. The molecule has 0 saturated carbocycles. The lowest BCUT2D eigenvalue weighted by atomic mass is 10.2. The average Bonchev–Trinajstić information content (AvgIpc) is 3.13. The summed E-state index contributed by atoms with van der Waals surface area (Å²) >= 11 is 6.01. The number of benzene rings is 2. The highest BCUT2D eigenvalue weighted by Crippen LogP contribution is 2.29. The minimum absolute atomic E-state index is 0.0382. The minimum atomic E-state index is -3.74. The van der Waals surface area contributed by atoms with E-state index in [9.17, 15) is 13.5 Å². The number of fused-ring (bicyclic) bond motifs is 1. The number of sulfonamides is 1. The number of halogens is 1. The van der Waals surface area contributed by atoms with E-state index in [1.165, 1.54) is 16.4 Å². The standard InChI is InChI=1S/C16H15ClN4O4S/c17-13-5-6-14(16-15(13)18-25-19-16)26(23,24)21-9-7-20(8-10-21)11-1-3-12(22)4-2-11/h1-6,22H,7-10H2. The lowest BCUT2D eigenvalue weighted by Gasteiger charge is -2.35. The van der Waals surface area contributed by atoms with Crippen molar-refractivity contribution in [2.45, 2.75) is 4.90 Å². The molecule has 0 unspecified atom stereocenters. The molecule has 1 N–H and O–H groups in total. The van der Waals surface area contributed by atoms with E-state index in [2.05, 4.69) is 19.8 Å². The van der Waals surface area contributed by atoms with Gasteiger partial charge in [0, 0.05) is 31.9 Å². The van der Waals surface area contributed by atoms with Crippen LogP contribution in [0, 0.1) is 0 Å². The molecule has 0 spiro atoms. The van der Waals surface area contributed by atoms with Crippen molar-refractivity contribution >= 4 is 38.3 Å². The zero-order chi connectivity index (χ0) is 18.3. The van der Waals surface area contributed by atoms with Gasteiger partial charge in [-0.25, -0.2) is 13.0 Å². The molecule has 0 aliphatic carbocycles. The number of rotatable bonds is 3. The van der Waals surface area contributed by atoms with Crippen molar-refractivity contribution in [2.75, 3.05) is 31.1 Å². The number of aromatic hydroxyl groups is 1. The number of aromatic nitrogens is 2. The molecule has 1 fully saturated rings. The SMILES string of the molecule is O=S(=O)(c1ccc(Cl)c2nonc12)N1CCN(c2ccc(O)cc2)CC1. The Balaban J connectivity index is 1.57. The Morgan fingerprint density at radius 3 is 2.31 bits per heavy atom. The molecule has 3 aromatic rings. The highest BCUT2D eigenvalue weighted by Gasteiger charge is 2.31. The van der Waals surface area contributed by atoms with Crippen molar-refractivity contribution in [3.63, 3.8) is 0 Å². The summed E-state index contributed by atoms with van der Waals surface area (Å²) in [4.78, 5) is 2.11. The fraction of sp³-hybridized carbons (Fsp3) is 0.250. The van der Waals surface area contributed by atoms with Gasteiger partial charge in [0.1, 0.15) is 10.6 Å². The first-order valence-corrected chi connectivity index (χ1v) is 9.73. The molecule has 4 rings (SSSR count). The zero-order valence-corrected chi connectivity index (χ0v) is 15.1. The van der Waals surface area contributed by atoms with Gasteiger partial charge in [0.05, 0.1) is 5.02 Å². The fourth-order valence-electron chi connectivity index (χ4n) is 3.01. The van der Waals surface area contributed by atoms with Gasteiger partial charge in [-0.3, -0.25) is 0 Å². The maximum absolute atomic E-state index is 13.0. The molecular weight excluding hydrogens is 380 g/mol. The van der Waals surface area contributed by atoms with Gasteiger partial charge < -0.3 is 10.0 Å². The summed E-state index contributed by atoms with van der Waals surface area (Å²) in [5.74, 6) is 0.197. The predicted octanol–water partition coefficient (Wildman–Crippen LogP) is 2.09. The van der Waals surface area contributed by atoms with E-state index in [-0.39, 0.29) is 26.7 Å². The number of anilines is 1. The Labute approximate surface area is 154 Å². The summed E-state index contributed by atoms with van der Waals surface area (Å²) in [6, 6.07) is 9.75. The summed E-state index contributed by atoms with van der Waals surface area (Å²) in [5, 5.41) is 17.0. The maximum Gasteiger partial charge on any atom is 0.245 e. The van der Waals surface area contributed by atoms with Crippen molar-refractivity contribution in [2.24, 2.45) is 0 Å². The second-order valence-corrected chi connectivity index (χ2v) is 8.23. The molecule has 2 aromatic carbocycles. The largest absolute Gasteiger partial charge is 0.508 e. The lowest BCUT2D eigenvalue weighted by Crippen LogP contribution is -2.48. The Morgan fingerprint density at radius 1 is 0.962 bits per heavy atom. The number of phenols is 1. The highest BCUT2D eigenvalue weighted by molar-refractivity contribution is 7.89. The van der Waals surface area contributed by atoms with Gasteiger partial charge in [-0.1, -0.05) is 11.6 Å². The summed E-state index contributed by atoms with van der Waals surface area (Å²) in [7, 11) is -3.74.